The second-order valence-electron chi connectivity index (χ2n) is 9.51. The zero-order valence-electron chi connectivity index (χ0n) is 21.2. The molecule has 5 heteroatoms. The van der Waals surface area contributed by atoms with Crippen LogP contribution in [0, 0.1) is 27.7 Å². The number of benzene rings is 3. The number of hydrogen-bond acceptors (Lipinski definition) is 3. The molecule has 1 atom stereocenters. The van der Waals surface area contributed by atoms with E-state index in [0.717, 1.165) is 44.4 Å². The molecule has 0 heterocycles. The lowest BCUT2D eigenvalue weighted by atomic mass is 10.1. The van der Waals surface area contributed by atoms with Gasteiger partial charge in [-0.1, -0.05) is 16.7 Å². The van der Waals surface area contributed by atoms with Crippen LogP contribution < -0.4 is 30.7 Å². The molecule has 3 rings (SSSR count). The first-order valence-corrected chi connectivity index (χ1v) is 13.8. The first kappa shape index (κ1) is 25.4. The Morgan fingerprint density at radius 2 is 1.12 bits per heavy atom. The van der Waals surface area contributed by atoms with E-state index in [1.54, 1.807) is 14.2 Å². The van der Waals surface area contributed by atoms with Gasteiger partial charge in [-0.15, -0.1) is 0 Å². The van der Waals surface area contributed by atoms with Crippen LogP contribution in [0.2, 0.25) is 0 Å². The average molecular weight is 482 g/mol. The third-order valence-electron chi connectivity index (χ3n) is 5.77. The van der Waals surface area contributed by atoms with E-state index < -0.39 is 15.7 Å². The molecule has 0 saturated heterocycles. The monoisotopic (exact) mass is 481 g/mol. The van der Waals surface area contributed by atoms with Crippen LogP contribution >= 0.6 is 15.7 Å². The van der Waals surface area contributed by atoms with E-state index in [4.69, 9.17) is 9.47 Å². The first-order chi connectivity index (χ1) is 15.5. The van der Waals surface area contributed by atoms with Crippen molar-refractivity contribution in [3.8, 4) is 11.5 Å². The molecule has 0 aromatic heterocycles. The molecule has 1 unspecified atom stereocenters. The summed E-state index contributed by atoms with van der Waals surface area (Å²) in [6, 6.07) is 17.2. The number of hydrogen-bond donors (Lipinski definition) is 0. The third kappa shape index (κ3) is 5.16. The van der Waals surface area contributed by atoms with Gasteiger partial charge in [-0.05, 0) is 126 Å². The first-order valence-electron chi connectivity index (χ1n) is 11.2. The molecule has 174 valence electrons. The van der Waals surface area contributed by atoms with Crippen molar-refractivity contribution in [2.75, 3.05) is 14.2 Å². The van der Waals surface area contributed by atoms with Gasteiger partial charge in [0, 0.05) is 5.30 Å². The Balaban J connectivity index is 2.35. The summed E-state index contributed by atoms with van der Waals surface area (Å²) in [5.74, 6) is 1.84. The Bertz CT molecular complexity index is 1090. The second-order valence-corrected chi connectivity index (χ2v) is 14.1. The van der Waals surface area contributed by atoms with Crippen molar-refractivity contribution in [2.45, 2.75) is 53.6 Å². The maximum atomic E-state index is 13.6. The Morgan fingerprint density at radius 1 is 0.727 bits per heavy atom. The highest BCUT2D eigenvalue weighted by atomic mass is 31.1. The van der Waals surface area contributed by atoms with Crippen LogP contribution in [-0.2, 0) is 4.57 Å². The van der Waals surface area contributed by atoms with E-state index in [0.29, 0.717) is 0 Å². The van der Waals surface area contributed by atoms with E-state index in [9.17, 15) is 4.57 Å². The van der Waals surface area contributed by atoms with Gasteiger partial charge in [0.2, 0.25) is 0 Å². The molecule has 0 aliphatic rings. The molecule has 0 spiro atoms. The summed E-state index contributed by atoms with van der Waals surface area (Å²) in [4.78, 5) is 0. The molecule has 0 aliphatic heterocycles. The van der Waals surface area contributed by atoms with Crippen LogP contribution in [0.25, 0.3) is 0 Å². The Labute approximate surface area is 201 Å². The molecule has 3 nitrogen and oxygen atoms in total. The lowest BCUT2D eigenvalue weighted by molar-refractivity contribution is 0.408. The predicted octanol–water partition coefficient (Wildman–Crippen LogP) is 5.95. The van der Waals surface area contributed by atoms with Crippen molar-refractivity contribution >= 4 is 36.9 Å². The van der Waals surface area contributed by atoms with Crippen LogP contribution in [0.1, 0.15) is 43.0 Å². The summed E-state index contributed by atoms with van der Waals surface area (Å²) >= 11 is 0. The molecule has 0 saturated carbocycles. The van der Waals surface area contributed by atoms with Gasteiger partial charge in [-0.3, -0.25) is 0 Å². The molecule has 3 aromatic carbocycles. The fourth-order valence-electron chi connectivity index (χ4n) is 4.37. The van der Waals surface area contributed by atoms with E-state index in [1.807, 2.05) is 32.9 Å². The van der Waals surface area contributed by atoms with Crippen LogP contribution in [0.15, 0.2) is 48.5 Å². The molecule has 0 radical (unpaired) electrons. The molecular weight excluding hydrogens is 446 g/mol. The SMILES string of the molecule is COc1c(C)cc(P(c2cc(C)c(OC)c(C)c2)c2ccccc2[P+](=O)C(C)(C)C)cc1C. The zero-order valence-corrected chi connectivity index (χ0v) is 23.0. The van der Waals surface area contributed by atoms with Crippen molar-refractivity contribution in [3.63, 3.8) is 0 Å². The summed E-state index contributed by atoms with van der Waals surface area (Å²) in [6.45, 7) is 14.5. The lowest BCUT2D eigenvalue weighted by Crippen LogP contribution is -2.32. The standard InChI is InChI=1S/C28H35O3P2/c1-18-14-22(15-19(2)26(18)30-8)32(23-16-20(3)27(31-9)21(4)17-23)24-12-10-11-13-25(24)33(29)28(5,6)7/h10-17H,1-9H3/q+1. The summed E-state index contributed by atoms with van der Waals surface area (Å²) in [6.07, 6.45) is 0. The van der Waals surface area contributed by atoms with Crippen molar-refractivity contribution in [2.24, 2.45) is 0 Å². The topological polar surface area (TPSA) is 35.5 Å². The van der Waals surface area contributed by atoms with Crippen LogP contribution in [0.4, 0.5) is 0 Å². The highest BCUT2D eigenvalue weighted by Crippen LogP contribution is 2.42. The maximum absolute atomic E-state index is 13.6. The van der Waals surface area contributed by atoms with E-state index >= 15 is 0 Å². The Morgan fingerprint density at radius 3 is 1.48 bits per heavy atom. The minimum atomic E-state index is -1.58. The van der Waals surface area contributed by atoms with Crippen molar-refractivity contribution in [1.29, 1.82) is 0 Å². The minimum absolute atomic E-state index is 0.316. The van der Waals surface area contributed by atoms with Crippen molar-refractivity contribution < 1.29 is 14.0 Å². The van der Waals surface area contributed by atoms with E-state index in [1.165, 1.54) is 10.6 Å². The lowest BCUT2D eigenvalue weighted by Gasteiger charge is -2.24. The van der Waals surface area contributed by atoms with Crippen LogP contribution in [0.5, 0.6) is 11.5 Å². The van der Waals surface area contributed by atoms with Gasteiger partial charge in [-0.25, -0.2) is 0 Å². The molecule has 0 fully saturated rings. The highest BCUT2D eigenvalue weighted by molar-refractivity contribution is 7.81. The highest BCUT2D eigenvalue weighted by Gasteiger charge is 2.40. The quantitative estimate of drug-likeness (QED) is 0.409. The van der Waals surface area contributed by atoms with Gasteiger partial charge in [0.05, 0.1) is 14.2 Å². The number of rotatable bonds is 6. The largest absolute Gasteiger partial charge is 0.496 e. The molecule has 3 aromatic rings. The fourth-order valence-corrected chi connectivity index (χ4v) is 8.85. The summed E-state index contributed by atoms with van der Waals surface area (Å²) in [5.41, 5.74) is 4.44. The Kier molecular flexibility index (Phi) is 7.67. The predicted molar refractivity (Wildman–Crippen MR) is 144 cm³/mol. The number of aryl methyl sites for hydroxylation is 4. The third-order valence-corrected chi connectivity index (χ3v) is 10.4. The van der Waals surface area contributed by atoms with E-state index in [-0.39, 0.29) is 5.16 Å². The summed E-state index contributed by atoms with van der Waals surface area (Å²) < 4.78 is 24.9. The number of methoxy groups -OCH3 is 2. The molecule has 0 bridgehead atoms. The van der Waals surface area contributed by atoms with Gasteiger partial charge in [0.25, 0.3) is 0 Å². The molecule has 33 heavy (non-hydrogen) atoms. The number of ether oxygens (including phenoxy) is 2. The Hall–Kier alpha value is -2.21. The summed E-state index contributed by atoms with van der Waals surface area (Å²) in [5, 5.41) is 4.24. The fraction of sp³-hybridized carbons (Fsp3) is 0.357. The van der Waals surface area contributed by atoms with Gasteiger partial charge in [-0.2, -0.15) is 0 Å². The molecule has 0 aliphatic carbocycles. The summed E-state index contributed by atoms with van der Waals surface area (Å²) in [7, 11) is 0.915. The van der Waals surface area contributed by atoms with Crippen molar-refractivity contribution in [1.82, 2.24) is 0 Å². The smallest absolute Gasteiger partial charge is 0.382 e. The van der Waals surface area contributed by atoms with Gasteiger partial charge < -0.3 is 9.47 Å². The van der Waals surface area contributed by atoms with E-state index in [2.05, 4.69) is 64.1 Å². The van der Waals surface area contributed by atoms with Gasteiger partial charge in [0.15, 0.2) is 10.5 Å². The van der Waals surface area contributed by atoms with Crippen LogP contribution in [0.3, 0.4) is 0 Å². The molecule has 0 amide bonds. The van der Waals surface area contributed by atoms with Gasteiger partial charge >= 0.3 is 7.80 Å². The normalized spacial score (nSPS) is 12.1. The molecule has 0 N–H and O–H groups in total. The minimum Gasteiger partial charge on any atom is -0.496 e. The van der Waals surface area contributed by atoms with Crippen LogP contribution in [-0.4, -0.2) is 19.4 Å². The second kappa shape index (κ2) is 9.96. The molecular formula is C28H35O3P2+. The van der Waals surface area contributed by atoms with Crippen molar-refractivity contribution in [3.05, 3.63) is 70.8 Å². The van der Waals surface area contributed by atoms with Gasteiger partial charge in [0.1, 0.15) is 11.5 Å². The average Bonchev–Trinajstić information content (AvgIpc) is 2.73. The zero-order chi connectivity index (χ0) is 24.5. The maximum Gasteiger partial charge on any atom is 0.382 e.